The number of carbonyl (C=O) groups excluding carboxylic acids is 1. The van der Waals surface area contributed by atoms with Gasteiger partial charge in [-0.05, 0) is 73.5 Å². The lowest BCUT2D eigenvalue weighted by Crippen LogP contribution is -2.50. The Kier molecular flexibility index (Phi) is 7.69. The maximum atomic E-state index is 13.5. The van der Waals surface area contributed by atoms with Gasteiger partial charge in [-0.1, -0.05) is 54.4 Å². The summed E-state index contributed by atoms with van der Waals surface area (Å²) in [5, 5.41) is 3.35. The molecule has 1 unspecified atom stereocenters. The van der Waals surface area contributed by atoms with Gasteiger partial charge >= 0.3 is 0 Å². The fourth-order valence-electron chi connectivity index (χ4n) is 4.74. The van der Waals surface area contributed by atoms with Gasteiger partial charge in [0.1, 0.15) is 5.75 Å². The van der Waals surface area contributed by atoms with E-state index in [9.17, 15) is 13.2 Å². The van der Waals surface area contributed by atoms with Crippen LogP contribution in [0.4, 0.5) is 5.69 Å². The Balaban J connectivity index is 1.26. The van der Waals surface area contributed by atoms with Crippen LogP contribution < -0.4 is 14.4 Å². The minimum absolute atomic E-state index is 0.0948. The summed E-state index contributed by atoms with van der Waals surface area (Å²) in [7, 11) is -3.93. The molecule has 1 saturated heterocycles. The molecule has 1 amide bonds. The molecule has 0 aromatic heterocycles. The van der Waals surface area contributed by atoms with Gasteiger partial charge in [-0.2, -0.15) is 0 Å². The number of carbonyl (C=O) groups is 1. The Morgan fingerprint density at radius 2 is 1.59 bits per heavy atom. The van der Waals surface area contributed by atoms with Gasteiger partial charge in [0.2, 0.25) is 0 Å². The number of sulfonamides is 1. The highest BCUT2D eigenvalue weighted by atomic mass is 35.5. The Morgan fingerprint density at radius 3 is 2.32 bits per heavy atom. The highest BCUT2D eigenvalue weighted by Gasteiger charge is 2.37. The van der Waals surface area contributed by atoms with E-state index < -0.39 is 16.1 Å². The monoisotopic (exact) mass is 539 g/mol. The Labute approximate surface area is 223 Å². The predicted molar refractivity (Wildman–Crippen MR) is 144 cm³/mol. The molecule has 2 aliphatic heterocycles. The van der Waals surface area contributed by atoms with E-state index >= 15 is 0 Å². The zero-order valence-corrected chi connectivity index (χ0v) is 22.0. The van der Waals surface area contributed by atoms with Crippen LogP contribution in [0, 0.1) is 0 Å². The average molecular weight is 540 g/mol. The van der Waals surface area contributed by atoms with Crippen LogP contribution in [0.2, 0.25) is 5.02 Å². The molecule has 9 heteroatoms. The number of anilines is 1. The number of fused-ring (bicyclic) bond motifs is 1. The highest BCUT2D eigenvalue weighted by Crippen LogP contribution is 2.37. The van der Waals surface area contributed by atoms with Crippen LogP contribution >= 0.6 is 11.6 Å². The second-order valence-corrected chi connectivity index (χ2v) is 11.7. The van der Waals surface area contributed by atoms with E-state index in [2.05, 4.69) is 22.3 Å². The largest absolute Gasteiger partial charge is 0.476 e. The topological polar surface area (TPSA) is 79.0 Å². The number of nitrogens with one attached hydrogen (secondary N) is 1. The van der Waals surface area contributed by atoms with Crippen molar-refractivity contribution < 1.29 is 17.9 Å². The summed E-state index contributed by atoms with van der Waals surface area (Å²) in [6, 6.07) is 21.0. The van der Waals surface area contributed by atoms with Crippen molar-refractivity contribution in [1.29, 1.82) is 0 Å². The summed E-state index contributed by atoms with van der Waals surface area (Å²) in [6.45, 7) is 3.43. The van der Waals surface area contributed by atoms with Crippen molar-refractivity contribution in [3.05, 3.63) is 88.9 Å². The number of piperidine rings is 1. The summed E-state index contributed by atoms with van der Waals surface area (Å²) >= 11 is 5.95. The minimum Gasteiger partial charge on any atom is -0.476 e. The molecule has 1 N–H and O–H groups in total. The van der Waals surface area contributed by atoms with Crippen LogP contribution in [-0.2, 0) is 27.9 Å². The standard InChI is InChI=1S/C28H30ClN3O4S/c29-23-12-14-24(15-13-23)37(34,35)32-20-27(36-26-7-3-2-6-25(26)32)28(33)30-18-21-8-10-22(11-9-21)19-31-16-4-1-5-17-31/h2-3,6-15,27H,1,4-5,16-20H2,(H,30,33). The molecule has 2 aliphatic rings. The Morgan fingerprint density at radius 1 is 0.919 bits per heavy atom. The fourth-order valence-corrected chi connectivity index (χ4v) is 6.34. The van der Waals surface area contributed by atoms with Crippen molar-refractivity contribution in [2.24, 2.45) is 0 Å². The van der Waals surface area contributed by atoms with Crippen molar-refractivity contribution in [3.63, 3.8) is 0 Å². The normalized spacial score (nSPS) is 18.1. The molecule has 1 atom stereocenters. The Bertz CT molecular complexity index is 1340. The van der Waals surface area contributed by atoms with Crippen molar-refractivity contribution in [2.75, 3.05) is 23.9 Å². The van der Waals surface area contributed by atoms with Gasteiger partial charge in [-0.25, -0.2) is 8.42 Å². The first-order valence-corrected chi connectivity index (χ1v) is 14.3. The molecule has 194 valence electrons. The molecular formula is C28H30ClN3O4S. The number of halogens is 1. The number of para-hydroxylation sites is 2. The number of likely N-dealkylation sites (tertiary alicyclic amines) is 1. The maximum Gasteiger partial charge on any atom is 0.264 e. The molecule has 0 aliphatic carbocycles. The van der Waals surface area contributed by atoms with Crippen LogP contribution in [0.25, 0.3) is 0 Å². The van der Waals surface area contributed by atoms with Gasteiger partial charge in [-0.3, -0.25) is 14.0 Å². The lowest BCUT2D eigenvalue weighted by molar-refractivity contribution is -0.127. The van der Waals surface area contributed by atoms with Crippen molar-refractivity contribution in [2.45, 2.75) is 43.4 Å². The van der Waals surface area contributed by atoms with Gasteiger partial charge in [0.05, 0.1) is 17.1 Å². The van der Waals surface area contributed by atoms with Crippen LogP contribution in [0.1, 0.15) is 30.4 Å². The molecular weight excluding hydrogens is 510 g/mol. The summed E-state index contributed by atoms with van der Waals surface area (Å²) in [5.41, 5.74) is 2.62. The van der Waals surface area contributed by atoms with E-state index in [4.69, 9.17) is 16.3 Å². The summed E-state index contributed by atoms with van der Waals surface area (Å²) in [5.74, 6) is -0.0308. The maximum absolute atomic E-state index is 13.5. The van der Waals surface area contributed by atoms with E-state index in [1.807, 2.05) is 12.1 Å². The lowest BCUT2D eigenvalue weighted by atomic mass is 10.1. The minimum atomic E-state index is -3.93. The second kappa shape index (κ2) is 11.1. The number of rotatable bonds is 7. The van der Waals surface area contributed by atoms with Crippen LogP contribution in [0.15, 0.2) is 77.7 Å². The third-order valence-corrected chi connectivity index (χ3v) is 8.82. The van der Waals surface area contributed by atoms with E-state index in [1.54, 1.807) is 24.3 Å². The number of amides is 1. The second-order valence-electron chi connectivity index (χ2n) is 9.44. The molecule has 37 heavy (non-hydrogen) atoms. The van der Waals surface area contributed by atoms with Crippen LogP contribution in [-0.4, -0.2) is 45.0 Å². The molecule has 0 spiro atoms. The smallest absolute Gasteiger partial charge is 0.264 e. The van der Waals surface area contributed by atoms with E-state index in [1.165, 1.54) is 53.4 Å². The molecule has 7 nitrogen and oxygen atoms in total. The molecule has 1 fully saturated rings. The number of nitrogens with zero attached hydrogens (tertiary/aromatic N) is 2. The van der Waals surface area contributed by atoms with Gasteiger partial charge in [0.25, 0.3) is 15.9 Å². The van der Waals surface area contributed by atoms with Gasteiger partial charge in [0, 0.05) is 18.1 Å². The number of ether oxygens (including phenoxy) is 1. The Hall–Kier alpha value is -3.07. The van der Waals surface area contributed by atoms with Gasteiger partial charge < -0.3 is 10.1 Å². The molecule has 0 saturated carbocycles. The summed E-state index contributed by atoms with van der Waals surface area (Å²) in [4.78, 5) is 15.7. The SMILES string of the molecule is O=C(NCc1ccc(CN2CCCCC2)cc1)C1CN(S(=O)(=O)c2ccc(Cl)cc2)c2ccccc2O1. The first-order valence-electron chi connectivity index (χ1n) is 12.5. The number of hydrogen-bond donors (Lipinski definition) is 1. The van der Waals surface area contributed by atoms with E-state index in [-0.39, 0.29) is 17.3 Å². The first kappa shape index (κ1) is 25.6. The van der Waals surface area contributed by atoms with E-state index in [0.717, 1.165) is 25.2 Å². The third kappa shape index (κ3) is 5.92. The predicted octanol–water partition coefficient (Wildman–Crippen LogP) is 4.60. The zero-order valence-electron chi connectivity index (χ0n) is 20.5. The number of benzene rings is 3. The fraction of sp³-hybridized carbons (Fsp3) is 0.321. The van der Waals surface area contributed by atoms with Crippen molar-refractivity contribution in [3.8, 4) is 5.75 Å². The molecule has 5 rings (SSSR count). The molecule has 0 bridgehead atoms. The summed E-state index contributed by atoms with van der Waals surface area (Å²) < 4.78 is 34.1. The van der Waals surface area contributed by atoms with Crippen LogP contribution in [0.3, 0.4) is 0 Å². The molecule has 3 aromatic carbocycles. The molecule has 0 radical (unpaired) electrons. The van der Waals surface area contributed by atoms with Gasteiger partial charge in [-0.15, -0.1) is 0 Å². The molecule has 3 aromatic rings. The zero-order chi connectivity index (χ0) is 25.8. The number of hydrogen-bond acceptors (Lipinski definition) is 5. The van der Waals surface area contributed by atoms with E-state index in [0.29, 0.717) is 23.0 Å². The third-order valence-electron chi connectivity index (χ3n) is 6.77. The van der Waals surface area contributed by atoms with Gasteiger partial charge in [0.15, 0.2) is 6.10 Å². The molecule has 2 heterocycles. The average Bonchev–Trinajstić information content (AvgIpc) is 2.92. The first-order chi connectivity index (χ1) is 17.9. The quantitative estimate of drug-likeness (QED) is 0.475. The van der Waals surface area contributed by atoms with Crippen LogP contribution in [0.5, 0.6) is 5.75 Å². The lowest BCUT2D eigenvalue weighted by Gasteiger charge is -2.34. The van der Waals surface area contributed by atoms with Crippen molar-refractivity contribution >= 4 is 33.2 Å². The summed E-state index contributed by atoms with van der Waals surface area (Å²) in [6.07, 6.45) is 2.85. The van der Waals surface area contributed by atoms with Crippen molar-refractivity contribution in [1.82, 2.24) is 10.2 Å². The highest BCUT2D eigenvalue weighted by molar-refractivity contribution is 7.92.